The molecule has 0 radical (unpaired) electrons. The molecule has 3 aliphatic heterocycles. The van der Waals surface area contributed by atoms with Crippen LogP contribution in [0.3, 0.4) is 0 Å². The molecular formula is C33H35N3O8S. The molecule has 0 unspecified atom stereocenters. The number of nitrogens with one attached hydrogen (secondary N) is 2. The molecule has 2 fully saturated rings. The van der Waals surface area contributed by atoms with Gasteiger partial charge in [0, 0.05) is 31.1 Å². The number of hydrogen-bond donors (Lipinski definition) is 2. The van der Waals surface area contributed by atoms with Crippen LogP contribution >= 0.6 is 0 Å². The summed E-state index contributed by atoms with van der Waals surface area (Å²) >= 11 is 0. The molecule has 3 amide bonds. The number of sulfone groups is 1. The topological polar surface area (TPSA) is 140 Å². The maximum Gasteiger partial charge on any atom is 0.258 e. The van der Waals surface area contributed by atoms with E-state index in [0.717, 1.165) is 18.4 Å². The highest BCUT2D eigenvalue weighted by Gasteiger charge is 2.38. The second kappa shape index (κ2) is 13.2. The smallest absolute Gasteiger partial charge is 0.258 e. The Morgan fingerprint density at radius 2 is 1.73 bits per heavy atom. The van der Waals surface area contributed by atoms with E-state index in [4.69, 9.17) is 14.2 Å². The van der Waals surface area contributed by atoms with Gasteiger partial charge in [0.1, 0.15) is 23.4 Å². The standard InChI is InChI=1S/C33H35N3O8S/c37-31-21-43-27-15-24(14-26(16-27)42-20-23-6-7-23)33(39)35-29-18-36(19-30(29)44-25-10-8-22(9-11-25)17-34-31)32(38)12-13-45(40,41)28-4-2-1-3-5-28/h1-5,8-11,14-16,23,29-30H,6-7,12-13,17-21H2,(H,34,37)(H,35,39)/t29-,30-/m0/s1. The molecule has 1 saturated carbocycles. The van der Waals surface area contributed by atoms with Gasteiger partial charge in [-0.15, -0.1) is 0 Å². The first-order valence-electron chi connectivity index (χ1n) is 15.0. The Morgan fingerprint density at radius 1 is 0.956 bits per heavy atom. The summed E-state index contributed by atoms with van der Waals surface area (Å²) in [5.74, 6) is 0.362. The van der Waals surface area contributed by atoms with Crippen molar-refractivity contribution >= 4 is 27.6 Å². The van der Waals surface area contributed by atoms with E-state index in [9.17, 15) is 22.8 Å². The summed E-state index contributed by atoms with van der Waals surface area (Å²) in [7, 11) is -3.64. The van der Waals surface area contributed by atoms with E-state index in [-0.39, 0.29) is 54.1 Å². The number of carbonyl (C=O) groups is 3. The highest BCUT2D eigenvalue weighted by molar-refractivity contribution is 7.91. The van der Waals surface area contributed by atoms with Crippen LogP contribution in [0.2, 0.25) is 0 Å². The summed E-state index contributed by atoms with van der Waals surface area (Å²) in [6, 6.07) is 19.4. The molecule has 4 bridgehead atoms. The number of amides is 3. The van der Waals surface area contributed by atoms with Crippen LogP contribution < -0.4 is 24.8 Å². The first-order chi connectivity index (χ1) is 21.7. The van der Waals surface area contributed by atoms with E-state index >= 15 is 0 Å². The maximum absolute atomic E-state index is 13.6. The molecule has 0 spiro atoms. The molecule has 3 aromatic rings. The van der Waals surface area contributed by atoms with Gasteiger partial charge in [0.2, 0.25) is 5.91 Å². The number of benzene rings is 3. The summed E-state index contributed by atoms with van der Waals surface area (Å²) in [5.41, 5.74) is 1.12. The molecule has 1 saturated heterocycles. The van der Waals surface area contributed by atoms with Gasteiger partial charge in [-0.2, -0.15) is 0 Å². The Labute approximate surface area is 261 Å². The molecule has 2 atom stereocenters. The van der Waals surface area contributed by atoms with E-state index in [2.05, 4.69) is 10.6 Å². The SMILES string of the molecule is O=C1COc2cc(OCC3CC3)cc(c2)C(=O)N[C@H]2CN(C(=O)CCS(=O)(=O)c3ccccc3)C[C@@H]2Oc2ccc(cc2)CN1. The number of rotatable bonds is 7. The average Bonchev–Trinajstić information content (AvgIpc) is 3.81. The van der Waals surface area contributed by atoms with Gasteiger partial charge in [-0.05, 0) is 60.7 Å². The molecule has 4 aliphatic rings. The molecule has 11 nitrogen and oxygen atoms in total. The first-order valence-corrected chi connectivity index (χ1v) is 16.7. The quantitative estimate of drug-likeness (QED) is 0.405. The van der Waals surface area contributed by atoms with Gasteiger partial charge in [-0.1, -0.05) is 30.3 Å². The molecule has 236 valence electrons. The number of ether oxygens (including phenoxy) is 3. The third-order valence-electron chi connectivity index (χ3n) is 8.02. The van der Waals surface area contributed by atoms with E-state index < -0.39 is 27.9 Å². The second-order valence-electron chi connectivity index (χ2n) is 11.6. The molecule has 2 N–H and O–H groups in total. The van der Waals surface area contributed by atoms with Gasteiger partial charge < -0.3 is 29.7 Å². The number of likely N-dealkylation sites (tertiary alicyclic amines) is 1. The molecule has 1 aliphatic carbocycles. The molecule has 45 heavy (non-hydrogen) atoms. The van der Waals surface area contributed by atoms with Crippen molar-refractivity contribution in [1.29, 1.82) is 0 Å². The average molecular weight is 634 g/mol. The highest BCUT2D eigenvalue weighted by atomic mass is 32.2. The van der Waals surface area contributed by atoms with Crippen molar-refractivity contribution in [2.45, 2.75) is 42.8 Å². The lowest BCUT2D eigenvalue weighted by atomic mass is 10.1. The Morgan fingerprint density at radius 3 is 2.49 bits per heavy atom. The summed E-state index contributed by atoms with van der Waals surface area (Å²) < 4.78 is 43.5. The minimum absolute atomic E-state index is 0.137. The number of fused-ring (bicyclic) bond motifs is 7. The molecule has 0 aromatic heterocycles. The van der Waals surface area contributed by atoms with Gasteiger partial charge in [0.05, 0.1) is 29.8 Å². The van der Waals surface area contributed by atoms with E-state index in [1.54, 1.807) is 48.5 Å². The Kier molecular flexibility index (Phi) is 8.92. The third-order valence-corrected chi connectivity index (χ3v) is 9.75. The highest BCUT2D eigenvalue weighted by Crippen LogP contribution is 2.31. The van der Waals surface area contributed by atoms with Crippen LogP contribution in [-0.2, 0) is 26.0 Å². The molecule has 3 heterocycles. The third kappa shape index (κ3) is 7.93. The van der Waals surface area contributed by atoms with Crippen LogP contribution in [0.15, 0.2) is 77.7 Å². The van der Waals surface area contributed by atoms with Crippen molar-refractivity contribution < 1.29 is 37.0 Å². The zero-order valence-corrected chi connectivity index (χ0v) is 25.5. The number of carbonyl (C=O) groups excluding carboxylic acids is 3. The normalized spacial score (nSPS) is 20.2. The maximum atomic E-state index is 13.6. The molecule has 3 aromatic carbocycles. The van der Waals surface area contributed by atoms with E-state index in [1.165, 1.54) is 17.0 Å². The van der Waals surface area contributed by atoms with Crippen molar-refractivity contribution in [1.82, 2.24) is 15.5 Å². The van der Waals surface area contributed by atoms with Gasteiger partial charge in [0.15, 0.2) is 16.4 Å². The predicted octanol–water partition coefficient (Wildman–Crippen LogP) is 2.74. The summed E-state index contributed by atoms with van der Waals surface area (Å²) in [6.07, 6.45) is 1.39. The Balaban J connectivity index is 1.22. The number of nitrogens with zero attached hydrogens (tertiary/aromatic N) is 1. The van der Waals surface area contributed by atoms with Crippen LogP contribution in [0.25, 0.3) is 0 Å². The van der Waals surface area contributed by atoms with Crippen molar-refractivity contribution in [3.63, 3.8) is 0 Å². The van der Waals surface area contributed by atoms with Crippen LogP contribution in [0.5, 0.6) is 17.2 Å². The van der Waals surface area contributed by atoms with Crippen molar-refractivity contribution in [2.24, 2.45) is 5.92 Å². The van der Waals surface area contributed by atoms with Crippen LogP contribution in [0, 0.1) is 5.92 Å². The molecule has 7 rings (SSSR count). The molecule has 12 heteroatoms. The fraction of sp³-hybridized carbons (Fsp3) is 0.364. The summed E-state index contributed by atoms with van der Waals surface area (Å²) in [4.78, 5) is 41.0. The predicted molar refractivity (Wildman–Crippen MR) is 164 cm³/mol. The minimum atomic E-state index is -3.64. The molecular weight excluding hydrogens is 598 g/mol. The first kappa shape index (κ1) is 30.4. The van der Waals surface area contributed by atoms with Crippen LogP contribution in [-0.4, -0.2) is 75.2 Å². The van der Waals surface area contributed by atoms with Crippen molar-refractivity contribution in [2.75, 3.05) is 32.1 Å². The van der Waals surface area contributed by atoms with Gasteiger partial charge in [-0.25, -0.2) is 8.42 Å². The van der Waals surface area contributed by atoms with Crippen LogP contribution in [0.4, 0.5) is 0 Å². The largest absolute Gasteiger partial charge is 0.493 e. The van der Waals surface area contributed by atoms with E-state index in [1.807, 2.05) is 12.1 Å². The fourth-order valence-electron chi connectivity index (χ4n) is 5.24. The monoisotopic (exact) mass is 633 g/mol. The Hall–Kier alpha value is -4.58. The van der Waals surface area contributed by atoms with Crippen LogP contribution in [0.1, 0.15) is 35.2 Å². The van der Waals surface area contributed by atoms with E-state index in [0.29, 0.717) is 36.3 Å². The lowest BCUT2D eigenvalue weighted by molar-refractivity contribution is -0.130. The Bertz CT molecular complexity index is 1660. The number of hydrogen-bond acceptors (Lipinski definition) is 8. The summed E-state index contributed by atoms with van der Waals surface area (Å²) in [6.45, 7) is 0.872. The zero-order chi connectivity index (χ0) is 31.4. The zero-order valence-electron chi connectivity index (χ0n) is 24.6. The minimum Gasteiger partial charge on any atom is -0.493 e. The van der Waals surface area contributed by atoms with Crippen molar-refractivity contribution in [3.05, 3.63) is 83.9 Å². The van der Waals surface area contributed by atoms with Crippen molar-refractivity contribution in [3.8, 4) is 17.2 Å². The van der Waals surface area contributed by atoms with Gasteiger partial charge in [0.25, 0.3) is 11.8 Å². The lowest BCUT2D eigenvalue weighted by Crippen LogP contribution is -2.45. The fourth-order valence-corrected chi connectivity index (χ4v) is 6.49. The lowest BCUT2D eigenvalue weighted by Gasteiger charge is -2.21. The summed E-state index contributed by atoms with van der Waals surface area (Å²) in [5, 5.41) is 5.82. The van der Waals surface area contributed by atoms with Gasteiger partial charge in [-0.3, -0.25) is 14.4 Å². The van der Waals surface area contributed by atoms with Gasteiger partial charge >= 0.3 is 0 Å². The second-order valence-corrected chi connectivity index (χ2v) is 13.7.